The Bertz CT molecular complexity index is 56.6. The largest absolute Gasteiger partial charge is 0.269 e. The summed E-state index contributed by atoms with van der Waals surface area (Å²) in [5, 5.41) is 0. The van der Waals surface area contributed by atoms with E-state index in [9.17, 15) is 0 Å². The lowest BCUT2D eigenvalue weighted by molar-refractivity contribution is 2.39. The second kappa shape index (κ2) is 5.54. The zero-order valence-electron chi connectivity index (χ0n) is 3.59. The average Bonchev–Trinajstić information content (AvgIpc) is 1.61. The summed E-state index contributed by atoms with van der Waals surface area (Å²) in [5.41, 5.74) is 0. The van der Waals surface area contributed by atoms with E-state index in [0.717, 1.165) is 0 Å². The third-order valence-corrected chi connectivity index (χ3v) is 1.74. The molecule has 0 aliphatic heterocycles. The van der Waals surface area contributed by atoms with Gasteiger partial charge < -0.3 is 0 Å². The molecule has 27 valence electrons. The smallest absolute Gasteiger partial charge is 0.191 e. The van der Waals surface area contributed by atoms with Gasteiger partial charge in [-0.25, -0.2) is 0 Å². The Balaban J connectivity index is 2.85. The van der Waals surface area contributed by atoms with Crippen LogP contribution in [-0.2, 0) is 0 Å². The summed E-state index contributed by atoms with van der Waals surface area (Å²) in [6, 6.07) is 0. The van der Waals surface area contributed by atoms with Crippen molar-refractivity contribution in [3.8, 4) is 0 Å². The van der Waals surface area contributed by atoms with Gasteiger partial charge in [-0.05, 0) is 0 Å². The molecule has 0 bridgehead atoms. The van der Waals surface area contributed by atoms with Crippen LogP contribution < -0.4 is 0 Å². The molecular weight excluding hydrogens is 102 g/mol. The van der Waals surface area contributed by atoms with Crippen LogP contribution in [0.15, 0.2) is 21.4 Å². The van der Waals surface area contributed by atoms with Gasteiger partial charge in [-0.1, -0.05) is 0 Å². The van der Waals surface area contributed by atoms with E-state index in [0.29, 0.717) is 15.2 Å². The SMILES string of the molecule is C=[CH][Al][CH]=[CH][Al]. The first-order valence-corrected chi connectivity index (χ1v) is 3.74. The van der Waals surface area contributed by atoms with Gasteiger partial charge in [0.05, 0.1) is 0 Å². The zero-order chi connectivity index (χ0) is 4.83. The molecule has 0 nitrogen and oxygen atoms in total. The maximum Gasteiger partial charge on any atom is 0.269 e. The van der Waals surface area contributed by atoms with Crippen LogP contribution in [0, 0.1) is 0 Å². The maximum atomic E-state index is 3.57. The van der Waals surface area contributed by atoms with Crippen molar-refractivity contribution in [1.29, 1.82) is 0 Å². The predicted octanol–water partition coefficient (Wildman–Crippen LogP) is 0.474. The van der Waals surface area contributed by atoms with Gasteiger partial charge >= 0.3 is 0 Å². The Labute approximate surface area is 53.1 Å². The van der Waals surface area contributed by atoms with Crippen molar-refractivity contribution in [3.05, 3.63) is 21.4 Å². The van der Waals surface area contributed by atoms with Crippen LogP contribution in [0.3, 0.4) is 0 Å². The first-order valence-electron chi connectivity index (χ1n) is 1.74. The second-order valence-corrected chi connectivity index (χ2v) is 2.44. The van der Waals surface area contributed by atoms with Crippen LogP contribution in [0.1, 0.15) is 0 Å². The fourth-order valence-electron chi connectivity index (χ4n) is 0.143. The van der Waals surface area contributed by atoms with Gasteiger partial charge in [0.2, 0.25) is 0 Å². The van der Waals surface area contributed by atoms with Crippen LogP contribution in [0.25, 0.3) is 0 Å². The van der Waals surface area contributed by atoms with E-state index in [-0.39, 0.29) is 0 Å². The summed E-state index contributed by atoms with van der Waals surface area (Å²) in [7, 11) is 0. The third-order valence-electron chi connectivity index (χ3n) is 0.358. The van der Waals surface area contributed by atoms with Gasteiger partial charge in [0.15, 0.2) is 16.3 Å². The molecule has 0 saturated carbocycles. The molecular formula is C4H5Al2. The first-order chi connectivity index (χ1) is 2.91. The molecule has 0 saturated heterocycles. The fraction of sp³-hybridized carbons (Fsp3) is 0. The van der Waals surface area contributed by atoms with E-state index >= 15 is 0 Å². The molecule has 0 fully saturated rings. The Hall–Kier alpha value is 0.545. The Morgan fingerprint density at radius 1 is 1.67 bits per heavy atom. The molecule has 0 aliphatic rings. The number of hydrogen-bond donors (Lipinski definition) is 0. The molecule has 0 heterocycles. The van der Waals surface area contributed by atoms with Crippen LogP contribution in [0.5, 0.6) is 0 Å². The topological polar surface area (TPSA) is 0 Å². The van der Waals surface area contributed by atoms with Crippen molar-refractivity contribution in [2.45, 2.75) is 0 Å². The van der Waals surface area contributed by atoms with E-state index < -0.39 is 0 Å². The van der Waals surface area contributed by atoms with Gasteiger partial charge in [-0.3, -0.25) is 0 Å². The standard InChI is InChI=1S/C2H3.C2H2.2Al/c2*1-2;;/h1H,2H2;1-2H;;. The minimum absolute atomic E-state index is 0.381. The van der Waals surface area contributed by atoms with Crippen molar-refractivity contribution >= 4 is 31.5 Å². The highest BCUT2D eigenvalue weighted by Gasteiger charge is 1.65. The van der Waals surface area contributed by atoms with Crippen molar-refractivity contribution in [1.82, 2.24) is 0 Å². The molecule has 6 heavy (non-hydrogen) atoms. The summed E-state index contributed by atoms with van der Waals surface area (Å²) in [6.07, 6.45) is 0. The minimum atomic E-state index is 0.381. The Morgan fingerprint density at radius 2 is 2.33 bits per heavy atom. The lowest BCUT2D eigenvalue weighted by Crippen LogP contribution is -1.71. The van der Waals surface area contributed by atoms with Crippen LogP contribution in [-0.4, -0.2) is 31.5 Å². The summed E-state index contributed by atoms with van der Waals surface area (Å²) < 4.78 is 0. The van der Waals surface area contributed by atoms with Gasteiger partial charge in [-0.15, -0.1) is 6.58 Å². The number of hydrogen-bond acceptors (Lipinski definition) is 0. The summed E-state index contributed by atoms with van der Waals surface area (Å²) in [4.78, 5) is 6.02. The zero-order valence-corrected chi connectivity index (χ0v) is 5.90. The molecule has 0 amide bonds. The predicted molar refractivity (Wildman–Crippen MR) is 30.8 cm³/mol. The van der Waals surface area contributed by atoms with E-state index in [1.807, 2.05) is 9.88 Å². The third kappa shape index (κ3) is 4.54. The normalized spacial score (nSPS) is 8.67. The fourth-order valence-corrected chi connectivity index (χ4v) is 0.813. The molecule has 2 heteroatoms. The molecule has 0 rings (SSSR count). The van der Waals surface area contributed by atoms with Crippen molar-refractivity contribution in [3.63, 3.8) is 0 Å². The van der Waals surface area contributed by atoms with E-state index in [4.69, 9.17) is 0 Å². The van der Waals surface area contributed by atoms with E-state index in [2.05, 4.69) is 27.8 Å². The first kappa shape index (κ1) is 6.54. The van der Waals surface area contributed by atoms with Crippen LogP contribution in [0.4, 0.5) is 0 Å². The highest BCUT2D eigenvalue weighted by molar-refractivity contribution is 6.49. The van der Waals surface area contributed by atoms with Gasteiger partial charge in [0.25, 0.3) is 15.2 Å². The molecule has 0 atom stereocenters. The van der Waals surface area contributed by atoms with E-state index in [1.54, 1.807) is 0 Å². The summed E-state index contributed by atoms with van der Waals surface area (Å²) in [6.45, 7) is 3.57. The molecule has 0 spiro atoms. The molecule has 0 aromatic heterocycles. The molecule has 3 radical (unpaired) electrons. The molecule has 0 aromatic carbocycles. The Morgan fingerprint density at radius 3 is 2.50 bits per heavy atom. The second-order valence-electron chi connectivity index (χ2n) is 0.813. The van der Waals surface area contributed by atoms with Crippen molar-refractivity contribution in [2.75, 3.05) is 0 Å². The molecule has 0 unspecified atom stereocenters. The van der Waals surface area contributed by atoms with Gasteiger partial charge in [0.1, 0.15) is 0 Å². The minimum Gasteiger partial charge on any atom is -0.191 e. The highest BCUT2D eigenvalue weighted by atomic mass is 27.1. The molecule has 0 N–H and O–H groups in total. The molecule has 0 aromatic rings. The Kier molecular flexibility index (Phi) is 6.05. The highest BCUT2D eigenvalue weighted by Crippen LogP contribution is 1.61. The average molecular weight is 107 g/mol. The van der Waals surface area contributed by atoms with Crippen molar-refractivity contribution in [2.24, 2.45) is 0 Å². The van der Waals surface area contributed by atoms with Crippen molar-refractivity contribution < 1.29 is 0 Å². The van der Waals surface area contributed by atoms with E-state index in [1.165, 1.54) is 0 Å². The van der Waals surface area contributed by atoms with Crippen LogP contribution >= 0.6 is 0 Å². The lowest BCUT2D eigenvalue weighted by Gasteiger charge is -1.65. The van der Waals surface area contributed by atoms with Crippen LogP contribution in [0.2, 0.25) is 0 Å². The monoisotopic (exact) mass is 107 g/mol. The molecule has 0 aliphatic carbocycles. The summed E-state index contributed by atoms with van der Waals surface area (Å²) in [5.74, 6) is 0. The van der Waals surface area contributed by atoms with Gasteiger partial charge in [0, 0.05) is 0 Å². The lowest BCUT2D eigenvalue weighted by atomic mass is 11.2. The quantitative estimate of drug-likeness (QED) is 0.450. The summed E-state index contributed by atoms with van der Waals surface area (Å²) >= 11 is 2.90. The van der Waals surface area contributed by atoms with Gasteiger partial charge in [-0.2, -0.15) is 14.8 Å². The maximum absolute atomic E-state index is 3.57. The number of rotatable bonds is 2.